The fourth-order valence-electron chi connectivity index (χ4n) is 1.50. The van der Waals surface area contributed by atoms with Crippen LogP contribution < -0.4 is 5.32 Å². The maximum absolute atomic E-state index is 13.4. The lowest BCUT2D eigenvalue weighted by Crippen LogP contribution is -2.02. The molecular formula is C12H9F4N3. The van der Waals surface area contributed by atoms with E-state index in [1.807, 2.05) is 0 Å². The monoisotopic (exact) mass is 271 g/mol. The van der Waals surface area contributed by atoms with Crippen LogP contribution in [0.5, 0.6) is 0 Å². The lowest BCUT2D eigenvalue weighted by atomic mass is 10.3. The van der Waals surface area contributed by atoms with Gasteiger partial charge >= 0.3 is 0 Å². The van der Waals surface area contributed by atoms with Crippen molar-refractivity contribution in [2.75, 3.05) is 5.32 Å². The van der Waals surface area contributed by atoms with Gasteiger partial charge in [-0.05, 0) is 19.1 Å². The van der Waals surface area contributed by atoms with Gasteiger partial charge < -0.3 is 5.32 Å². The lowest BCUT2D eigenvalue weighted by molar-refractivity contribution is 0.145. The zero-order valence-corrected chi connectivity index (χ0v) is 9.79. The number of rotatable bonds is 3. The van der Waals surface area contributed by atoms with Crippen LogP contribution in [0, 0.1) is 18.6 Å². The molecular weight excluding hydrogens is 262 g/mol. The molecule has 1 N–H and O–H groups in total. The first-order chi connectivity index (χ1) is 8.95. The Labute approximate surface area is 106 Å². The average Bonchev–Trinajstić information content (AvgIpc) is 2.33. The van der Waals surface area contributed by atoms with Crippen molar-refractivity contribution in [1.29, 1.82) is 0 Å². The largest absolute Gasteiger partial charge is 0.338 e. The van der Waals surface area contributed by atoms with Crippen LogP contribution in [0.2, 0.25) is 0 Å². The van der Waals surface area contributed by atoms with Gasteiger partial charge in [-0.15, -0.1) is 0 Å². The van der Waals surface area contributed by atoms with Crippen molar-refractivity contribution in [2.24, 2.45) is 0 Å². The molecule has 2 rings (SSSR count). The number of benzene rings is 1. The number of nitrogens with one attached hydrogen (secondary N) is 1. The second-order valence-electron chi connectivity index (χ2n) is 3.78. The van der Waals surface area contributed by atoms with Crippen LogP contribution in [0.25, 0.3) is 0 Å². The second kappa shape index (κ2) is 5.21. The molecule has 0 aliphatic heterocycles. The van der Waals surface area contributed by atoms with Crippen LogP contribution in [0.15, 0.2) is 24.3 Å². The normalized spacial score (nSPS) is 10.8. The van der Waals surface area contributed by atoms with Crippen LogP contribution in [0.1, 0.15) is 17.9 Å². The van der Waals surface area contributed by atoms with E-state index in [4.69, 9.17) is 0 Å². The predicted octanol–water partition coefficient (Wildman–Crippen LogP) is 3.74. The summed E-state index contributed by atoms with van der Waals surface area (Å²) >= 11 is 0. The van der Waals surface area contributed by atoms with E-state index in [2.05, 4.69) is 15.3 Å². The quantitative estimate of drug-likeness (QED) is 0.864. The minimum absolute atomic E-state index is 0.0210. The Morgan fingerprint density at radius 2 is 1.84 bits per heavy atom. The highest BCUT2D eigenvalue weighted by atomic mass is 19.3. The number of hydrogen-bond acceptors (Lipinski definition) is 3. The van der Waals surface area contributed by atoms with Crippen molar-refractivity contribution < 1.29 is 17.6 Å². The molecule has 0 aliphatic carbocycles. The van der Waals surface area contributed by atoms with Crippen molar-refractivity contribution in [1.82, 2.24) is 9.97 Å². The minimum atomic E-state index is -2.76. The lowest BCUT2D eigenvalue weighted by Gasteiger charge is -2.09. The number of anilines is 2. The summed E-state index contributed by atoms with van der Waals surface area (Å²) in [5.74, 6) is -1.27. The molecule has 0 bridgehead atoms. The molecule has 0 atom stereocenters. The number of nitrogens with zero attached hydrogens (tertiary/aromatic N) is 2. The molecule has 0 unspecified atom stereocenters. The molecule has 2 aromatic rings. The molecule has 3 nitrogen and oxygen atoms in total. The molecule has 19 heavy (non-hydrogen) atoms. The molecule has 100 valence electrons. The Morgan fingerprint density at radius 1 is 1.11 bits per heavy atom. The summed E-state index contributed by atoms with van der Waals surface area (Å²) in [6, 6.07) is 3.78. The van der Waals surface area contributed by atoms with E-state index in [-0.39, 0.29) is 17.3 Å². The number of alkyl halides is 2. The highest BCUT2D eigenvalue weighted by Crippen LogP contribution is 2.23. The van der Waals surface area contributed by atoms with Gasteiger partial charge in [-0.3, -0.25) is 0 Å². The van der Waals surface area contributed by atoms with Crippen LogP contribution in [0.4, 0.5) is 29.1 Å². The third kappa shape index (κ3) is 3.18. The number of aromatic nitrogens is 2. The van der Waals surface area contributed by atoms with Crippen molar-refractivity contribution >= 4 is 11.5 Å². The van der Waals surface area contributed by atoms with Crippen LogP contribution >= 0.6 is 0 Å². The van der Waals surface area contributed by atoms with E-state index in [0.29, 0.717) is 0 Å². The van der Waals surface area contributed by atoms with Crippen molar-refractivity contribution in [3.8, 4) is 0 Å². The summed E-state index contributed by atoms with van der Waals surface area (Å²) in [7, 11) is 0. The van der Waals surface area contributed by atoms with Gasteiger partial charge in [-0.25, -0.2) is 27.5 Å². The average molecular weight is 271 g/mol. The summed E-state index contributed by atoms with van der Waals surface area (Å²) in [6.07, 6.45) is -2.76. The smallest absolute Gasteiger partial charge is 0.280 e. The van der Waals surface area contributed by atoms with E-state index < -0.39 is 23.8 Å². The fraction of sp³-hybridized carbons (Fsp3) is 0.167. The molecule has 1 aromatic carbocycles. The third-order valence-corrected chi connectivity index (χ3v) is 2.27. The number of halogens is 4. The summed E-state index contributed by atoms with van der Waals surface area (Å²) in [6.45, 7) is 1.43. The standard InChI is InChI=1S/C12H9F4N3/c1-6-17-10(12(15)16)5-11(18-6)19-9-4-7(13)2-3-8(9)14/h2-5,12H,1H3,(H,17,18,19). The van der Waals surface area contributed by atoms with Crippen LogP contribution in [-0.2, 0) is 0 Å². The molecule has 0 fully saturated rings. The van der Waals surface area contributed by atoms with Crippen molar-refractivity contribution in [2.45, 2.75) is 13.3 Å². The van der Waals surface area contributed by atoms with Gasteiger partial charge in [0.15, 0.2) is 0 Å². The zero-order valence-electron chi connectivity index (χ0n) is 9.79. The van der Waals surface area contributed by atoms with Gasteiger partial charge in [0, 0.05) is 12.1 Å². The molecule has 0 radical (unpaired) electrons. The Morgan fingerprint density at radius 3 is 2.53 bits per heavy atom. The van der Waals surface area contributed by atoms with Gasteiger partial charge in [0.05, 0.1) is 5.69 Å². The number of aryl methyl sites for hydroxylation is 1. The first-order valence-electron chi connectivity index (χ1n) is 5.31. The van der Waals surface area contributed by atoms with Gasteiger partial charge in [0.1, 0.15) is 29.0 Å². The van der Waals surface area contributed by atoms with Crippen molar-refractivity contribution in [3.05, 3.63) is 47.4 Å². The van der Waals surface area contributed by atoms with E-state index in [0.717, 1.165) is 24.3 Å². The van der Waals surface area contributed by atoms with E-state index in [1.165, 1.54) is 6.92 Å². The van der Waals surface area contributed by atoms with Gasteiger partial charge in [0.25, 0.3) is 6.43 Å². The SMILES string of the molecule is Cc1nc(Nc2cc(F)ccc2F)cc(C(F)F)n1. The minimum Gasteiger partial charge on any atom is -0.338 e. The Kier molecular flexibility index (Phi) is 3.64. The maximum atomic E-state index is 13.4. The predicted molar refractivity (Wildman–Crippen MR) is 61.4 cm³/mol. The Hall–Kier alpha value is -2.18. The molecule has 0 saturated carbocycles. The molecule has 0 amide bonds. The van der Waals surface area contributed by atoms with Crippen molar-refractivity contribution in [3.63, 3.8) is 0 Å². The van der Waals surface area contributed by atoms with E-state index >= 15 is 0 Å². The van der Waals surface area contributed by atoms with Gasteiger partial charge in [-0.1, -0.05) is 0 Å². The maximum Gasteiger partial charge on any atom is 0.280 e. The molecule has 0 saturated heterocycles. The molecule has 7 heteroatoms. The highest BCUT2D eigenvalue weighted by Gasteiger charge is 2.12. The van der Waals surface area contributed by atoms with E-state index in [1.54, 1.807) is 0 Å². The highest BCUT2D eigenvalue weighted by molar-refractivity contribution is 5.57. The summed E-state index contributed by atoms with van der Waals surface area (Å²) < 4.78 is 51.5. The van der Waals surface area contributed by atoms with E-state index in [9.17, 15) is 17.6 Å². The summed E-state index contributed by atoms with van der Waals surface area (Å²) in [5, 5.41) is 2.45. The first-order valence-corrected chi connectivity index (χ1v) is 5.31. The molecule has 1 heterocycles. The van der Waals surface area contributed by atoms with Crippen LogP contribution in [-0.4, -0.2) is 9.97 Å². The van der Waals surface area contributed by atoms with Gasteiger partial charge in [0.2, 0.25) is 0 Å². The molecule has 1 aromatic heterocycles. The zero-order chi connectivity index (χ0) is 14.0. The van der Waals surface area contributed by atoms with Crippen LogP contribution in [0.3, 0.4) is 0 Å². The number of hydrogen-bond donors (Lipinski definition) is 1. The fourth-order valence-corrected chi connectivity index (χ4v) is 1.50. The molecule has 0 spiro atoms. The summed E-state index contributed by atoms with van der Waals surface area (Å²) in [4.78, 5) is 7.38. The Balaban J connectivity index is 2.35. The first kappa shape index (κ1) is 13.3. The van der Waals surface area contributed by atoms with Gasteiger partial charge in [-0.2, -0.15) is 0 Å². The summed E-state index contributed by atoms with van der Waals surface area (Å²) in [5.41, 5.74) is -0.662. The Bertz CT molecular complexity index is 602. The molecule has 0 aliphatic rings. The second-order valence-corrected chi connectivity index (χ2v) is 3.78. The third-order valence-electron chi connectivity index (χ3n) is 2.27. The topological polar surface area (TPSA) is 37.8 Å².